The summed E-state index contributed by atoms with van der Waals surface area (Å²) < 4.78 is 35.0. The summed E-state index contributed by atoms with van der Waals surface area (Å²) in [6.45, 7) is 3.16. The molecule has 4 aromatic rings. The summed E-state index contributed by atoms with van der Waals surface area (Å²) in [6.07, 6.45) is 0.162. The van der Waals surface area contributed by atoms with Crippen LogP contribution in [-0.4, -0.2) is 51.4 Å². The van der Waals surface area contributed by atoms with Crippen molar-refractivity contribution in [3.8, 4) is 5.75 Å². The van der Waals surface area contributed by atoms with Gasteiger partial charge in [-0.2, -0.15) is 0 Å². The molecular weight excluding hydrogens is 669 g/mol. The smallest absolute Gasteiger partial charge is 0.264 e. The molecule has 12 heteroatoms. The Morgan fingerprint density at radius 3 is 2.17 bits per heavy atom. The van der Waals surface area contributed by atoms with Gasteiger partial charge in [-0.1, -0.05) is 88.9 Å². The number of methoxy groups -OCH3 is 1. The van der Waals surface area contributed by atoms with Crippen LogP contribution >= 0.6 is 34.8 Å². The van der Waals surface area contributed by atoms with E-state index in [9.17, 15) is 18.0 Å². The molecule has 0 aliphatic rings. The van der Waals surface area contributed by atoms with Gasteiger partial charge < -0.3 is 15.0 Å². The van der Waals surface area contributed by atoms with E-state index in [-0.39, 0.29) is 34.3 Å². The zero-order valence-electron chi connectivity index (χ0n) is 25.5. The fourth-order valence-electron chi connectivity index (χ4n) is 4.89. The maximum absolute atomic E-state index is 14.6. The molecule has 4 rings (SSSR count). The molecule has 1 N–H and O–H groups in total. The van der Waals surface area contributed by atoms with Gasteiger partial charge in [0.15, 0.2) is 0 Å². The highest BCUT2D eigenvalue weighted by Gasteiger charge is 2.36. The number of nitrogens with one attached hydrogen (secondary N) is 1. The summed E-state index contributed by atoms with van der Waals surface area (Å²) in [6, 6.07) is 23.9. The number of sulfonamides is 1. The minimum Gasteiger partial charge on any atom is -0.495 e. The van der Waals surface area contributed by atoms with Gasteiger partial charge in [0.25, 0.3) is 10.0 Å². The highest BCUT2D eigenvalue weighted by molar-refractivity contribution is 7.92. The van der Waals surface area contributed by atoms with Crippen molar-refractivity contribution >= 4 is 62.3 Å². The molecular formula is C34H34Cl3N3O5S. The van der Waals surface area contributed by atoms with Gasteiger partial charge in [0.2, 0.25) is 11.8 Å². The molecule has 0 bridgehead atoms. The van der Waals surface area contributed by atoms with E-state index in [1.54, 1.807) is 43.3 Å². The summed E-state index contributed by atoms with van der Waals surface area (Å²) in [7, 11) is -2.95. The molecule has 0 radical (unpaired) electrons. The second kappa shape index (κ2) is 15.7. The molecule has 0 saturated carbocycles. The Labute approximate surface area is 284 Å². The van der Waals surface area contributed by atoms with Crippen molar-refractivity contribution in [2.24, 2.45) is 0 Å². The lowest BCUT2D eigenvalue weighted by atomic mass is 10.0. The molecule has 0 saturated heterocycles. The zero-order chi connectivity index (χ0) is 33.4. The summed E-state index contributed by atoms with van der Waals surface area (Å²) in [5, 5.41) is 3.76. The maximum Gasteiger partial charge on any atom is 0.264 e. The molecule has 46 heavy (non-hydrogen) atoms. The number of rotatable bonds is 13. The first-order valence-corrected chi connectivity index (χ1v) is 17.0. The van der Waals surface area contributed by atoms with Crippen LogP contribution in [0.5, 0.6) is 5.75 Å². The third kappa shape index (κ3) is 8.53. The van der Waals surface area contributed by atoms with Crippen LogP contribution in [0.2, 0.25) is 15.1 Å². The molecule has 0 heterocycles. The number of carbonyl (C=O) groups excluding carboxylic acids is 2. The lowest BCUT2D eigenvalue weighted by molar-refractivity contribution is -0.140. The summed E-state index contributed by atoms with van der Waals surface area (Å²) >= 11 is 19.0. The molecule has 0 spiro atoms. The topological polar surface area (TPSA) is 96.0 Å². The fraction of sp³-hybridized carbons (Fsp3) is 0.235. The molecule has 8 nitrogen and oxygen atoms in total. The van der Waals surface area contributed by atoms with E-state index >= 15 is 0 Å². The van der Waals surface area contributed by atoms with Crippen molar-refractivity contribution in [1.29, 1.82) is 0 Å². The van der Waals surface area contributed by atoms with Crippen LogP contribution in [0.15, 0.2) is 95.9 Å². The molecule has 0 aliphatic heterocycles. The first-order chi connectivity index (χ1) is 21.9. The Morgan fingerprint density at radius 1 is 0.891 bits per heavy atom. The second-order valence-corrected chi connectivity index (χ2v) is 13.6. The van der Waals surface area contributed by atoms with Gasteiger partial charge in [-0.05, 0) is 67.4 Å². The van der Waals surface area contributed by atoms with Gasteiger partial charge in [-0.25, -0.2) is 8.42 Å². The van der Waals surface area contributed by atoms with Gasteiger partial charge in [-0.3, -0.25) is 13.9 Å². The van der Waals surface area contributed by atoms with Crippen LogP contribution in [0, 0.1) is 6.92 Å². The number of benzene rings is 4. The van der Waals surface area contributed by atoms with Crippen LogP contribution in [-0.2, 0) is 32.6 Å². The molecule has 0 aliphatic carbocycles. The van der Waals surface area contributed by atoms with Crippen molar-refractivity contribution < 1.29 is 22.7 Å². The highest BCUT2D eigenvalue weighted by atomic mass is 35.5. The average Bonchev–Trinajstić information content (AvgIpc) is 3.03. The lowest BCUT2D eigenvalue weighted by Crippen LogP contribution is -2.53. The summed E-state index contributed by atoms with van der Waals surface area (Å²) in [5.41, 5.74) is 2.25. The normalized spacial score (nSPS) is 11.9. The minimum atomic E-state index is -4.35. The van der Waals surface area contributed by atoms with Crippen LogP contribution in [0.3, 0.4) is 0 Å². The summed E-state index contributed by atoms with van der Waals surface area (Å²) in [4.78, 5) is 29.5. The lowest BCUT2D eigenvalue weighted by Gasteiger charge is -2.34. The van der Waals surface area contributed by atoms with Crippen molar-refractivity contribution in [1.82, 2.24) is 10.2 Å². The fourth-order valence-corrected chi connectivity index (χ4v) is 6.94. The first-order valence-electron chi connectivity index (χ1n) is 14.4. The number of hydrogen-bond acceptors (Lipinski definition) is 5. The average molecular weight is 703 g/mol. The largest absolute Gasteiger partial charge is 0.495 e. The number of anilines is 1. The Morgan fingerprint density at radius 2 is 1.54 bits per heavy atom. The predicted octanol–water partition coefficient (Wildman–Crippen LogP) is 6.94. The van der Waals surface area contributed by atoms with E-state index < -0.39 is 34.4 Å². The van der Waals surface area contributed by atoms with E-state index in [4.69, 9.17) is 39.5 Å². The monoisotopic (exact) mass is 701 g/mol. The number of amides is 2. The van der Waals surface area contributed by atoms with E-state index in [1.165, 1.54) is 36.3 Å². The molecule has 4 aromatic carbocycles. The van der Waals surface area contributed by atoms with E-state index in [0.29, 0.717) is 22.2 Å². The first kappa shape index (κ1) is 35.1. The van der Waals surface area contributed by atoms with Crippen molar-refractivity contribution in [2.45, 2.75) is 37.8 Å². The third-order valence-electron chi connectivity index (χ3n) is 7.28. The van der Waals surface area contributed by atoms with Gasteiger partial charge >= 0.3 is 0 Å². The third-order valence-corrected chi connectivity index (χ3v) is 9.87. The van der Waals surface area contributed by atoms with E-state index in [0.717, 1.165) is 15.4 Å². The van der Waals surface area contributed by atoms with Crippen molar-refractivity contribution in [2.75, 3.05) is 24.5 Å². The number of aryl methyl sites for hydroxylation is 1. The maximum atomic E-state index is 14.6. The second-order valence-electron chi connectivity index (χ2n) is 10.5. The quantitative estimate of drug-likeness (QED) is 0.163. The molecule has 0 unspecified atom stereocenters. The SMILES string of the molecule is CCNC(=O)[C@@H](Cc1ccccc1)N(Cc1ccc(Cl)cc1Cl)C(=O)CN(c1cc(Cl)ccc1OC)S(=O)(=O)c1ccc(C)cc1. The Balaban J connectivity index is 1.86. The number of nitrogens with zero attached hydrogens (tertiary/aromatic N) is 2. The van der Waals surface area contributed by atoms with Gasteiger partial charge in [0, 0.05) is 34.6 Å². The number of likely N-dealkylation sites (N-methyl/N-ethyl adjacent to an activating group) is 1. The number of halogens is 3. The van der Waals surface area contributed by atoms with Crippen LogP contribution in [0.1, 0.15) is 23.6 Å². The minimum absolute atomic E-state index is 0.0372. The van der Waals surface area contributed by atoms with Crippen LogP contribution < -0.4 is 14.4 Å². The van der Waals surface area contributed by atoms with E-state index in [1.807, 2.05) is 37.3 Å². The molecule has 0 fully saturated rings. The van der Waals surface area contributed by atoms with Crippen LogP contribution in [0.25, 0.3) is 0 Å². The Bertz CT molecular complexity index is 1790. The number of carbonyl (C=O) groups is 2. The Kier molecular flexibility index (Phi) is 12.0. The van der Waals surface area contributed by atoms with Crippen LogP contribution in [0.4, 0.5) is 5.69 Å². The molecule has 242 valence electrons. The standard InChI is InChI=1S/C34H34Cl3N3O5S/c1-4-38-34(42)31(18-24-8-6-5-7-9-24)39(21-25-12-13-26(35)19-29(25)37)33(41)22-40(30-20-27(36)14-17-32(30)45-3)46(43,44)28-15-10-23(2)11-16-28/h5-17,19-20,31H,4,18,21-22H2,1-3H3,(H,38,42)/t31-/m1/s1. The van der Waals surface area contributed by atoms with Gasteiger partial charge in [0.1, 0.15) is 18.3 Å². The zero-order valence-corrected chi connectivity index (χ0v) is 28.6. The molecule has 2 amide bonds. The highest BCUT2D eigenvalue weighted by Crippen LogP contribution is 2.35. The number of hydrogen-bond donors (Lipinski definition) is 1. The van der Waals surface area contributed by atoms with Gasteiger partial charge in [0.05, 0.1) is 17.7 Å². The molecule has 0 aromatic heterocycles. The molecule has 1 atom stereocenters. The number of ether oxygens (including phenoxy) is 1. The predicted molar refractivity (Wildman–Crippen MR) is 183 cm³/mol. The Hall–Kier alpha value is -3.76. The van der Waals surface area contributed by atoms with Gasteiger partial charge in [-0.15, -0.1) is 0 Å². The summed E-state index contributed by atoms with van der Waals surface area (Å²) in [5.74, 6) is -0.876. The van der Waals surface area contributed by atoms with E-state index in [2.05, 4.69) is 5.32 Å². The van der Waals surface area contributed by atoms with Crippen molar-refractivity contribution in [3.63, 3.8) is 0 Å². The van der Waals surface area contributed by atoms with Crippen molar-refractivity contribution in [3.05, 3.63) is 123 Å².